The molecule has 0 aliphatic carbocycles. The van der Waals surface area contributed by atoms with Crippen LogP contribution in [0.25, 0.3) is 49.6 Å². The largest absolute Gasteiger partial charge is 0.333 e. The van der Waals surface area contributed by atoms with E-state index in [1.54, 1.807) is 18.3 Å². The highest BCUT2D eigenvalue weighted by Gasteiger charge is 2.18. The number of H-pyrrole nitrogens is 1. The molecule has 0 saturated carbocycles. The van der Waals surface area contributed by atoms with Crippen LogP contribution in [0.5, 0.6) is 0 Å². The molecule has 7 nitrogen and oxygen atoms in total. The van der Waals surface area contributed by atoms with Gasteiger partial charge in [0.1, 0.15) is 0 Å². The summed E-state index contributed by atoms with van der Waals surface area (Å²) < 4.78 is 2.94. The summed E-state index contributed by atoms with van der Waals surface area (Å²) in [6.45, 7) is 2.00. The molecule has 6 aromatic rings. The van der Waals surface area contributed by atoms with E-state index in [0.717, 1.165) is 43.3 Å². The van der Waals surface area contributed by atoms with Gasteiger partial charge >= 0.3 is 5.69 Å². The highest BCUT2D eigenvalue weighted by atomic mass is 35.5. The van der Waals surface area contributed by atoms with Crippen LogP contribution in [0.4, 0.5) is 0 Å². The number of fused-ring (bicyclic) bond motifs is 2. The molecule has 6 rings (SSSR count). The minimum absolute atomic E-state index is 0.387. The lowest BCUT2D eigenvalue weighted by molar-refractivity contribution is 0.740. The molecule has 1 N–H and O–H groups in total. The Bertz CT molecular complexity index is 1930. The number of nitrogens with one attached hydrogen (secondary N) is 1. The Hall–Kier alpha value is -4.49. The van der Waals surface area contributed by atoms with E-state index in [4.69, 9.17) is 11.6 Å². The van der Waals surface area contributed by atoms with Gasteiger partial charge in [-0.2, -0.15) is 5.10 Å². The molecule has 0 aliphatic rings. The van der Waals surface area contributed by atoms with Gasteiger partial charge in [-0.25, -0.2) is 9.36 Å². The van der Waals surface area contributed by atoms with Crippen molar-refractivity contribution in [3.05, 3.63) is 111 Å². The quantitative estimate of drug-likeness (QED) is 0.364. The smallest absolute Gasteiger partial charge is 0.306 e. The molecular weight excluding hydrogens is 474 g/mol. The number of aromatic amines is 1. The van der Waals surface area contributed by atoms with Gasteiger partial charge in [-0.15, -0.1) is 0 Å². The molecule has 0 bridgehead atoms. The van der Waals surface area contributed by atoms with Crippen LogP contribution < -0.4 is 11.2 Å². The zero-order chi connectivity index (χ0) is 25.0. The molecule has 36 heavy (non-hydrogen) atoms. The van der Waals surface area contributed by atoms with Gasteiger partial charge in [-0.1, -0.05) is 54.1 Å². The maximum atomic E-state index is 13.5. The van der Waals surface area contributed by atoms with Gasteiger partial charge in [-0.3, -0.25) is 14.5 Å². The maximum Gasteiger partial charge on any atom is 0.333 e. The Morgan fingerprint density at radius 2 is 1.72 bits per heavy atom. The molecule has 0 atom stereocenters. The first-order chi connectivity index (χ1) is 17.4. The van der Waals surface area contributed by atoms with Gasteiger partial charge in [0.15, 0.2) is 0 Å². The number of benzene rings is 3. The van der Waals surface area contributed by atoms with Crippen molar-refractivity contribution < 1.29 is 0 Å². The van der Waals surface area contributed by atoms with Crippen LogP contribution in [0.15, 0.2) is 88.8 Å². The van der Waals surface area contributed by atoms with E-state index in [1.165, 1.54) is 6.20 Å². The Kier molecular flexibility index (Phi) is 5.09. The summed E-state index contributed by atoms with van der Waals surface area (Å²) in [4.78, 5) is 33.8. The summed E-state index contributed by atoms with van der Waals surface area (Å²) in [5, 5.41) is 6.92. The summed E-state index contributed by atoms with van der Waals surface area (Å²) >= 11 is 6.68. The van der Waals surface area contributed by atoms with E-state index in [2.05, 4.69) is 15.1 Å². The van der Waals surface area contributed by atoms with E-state index in [-0.39, 0.29) is 0 Å². The highest BCUT2D eigenvalue weighted by molar-refractivity contribution is 6.34. The van der Waals surface area contributed by atoms with Crippen LogP contribution in [0.1, 0.15) is 5.69 Å². The van der Waals surface area contributed by atoms with Crippen LogP contribution in [-0.2, 0) is 7.05 Å². The third-order valence-corrected chi connectivity index (χ3v) is 6.93. The number of halogens is 1. The van der Waals surface area contributed by atoms with E-state index in [0.29, 0.717) is 21.6 Å². The van der Waals surface area contributed by atoms with E-state index < -0.39 is 11.2 Å². The van der Waals surface area contributed by atoms with Crippen molar-refractivity contribution in [1.82, 2.24) is 24.3 Å². The number of rotatable bonds is 3. The first-order valence-electron chi connectivity index (χ1n) is 11.3. The molecule has 0 unspecified atom stereocenters. The zero-order valence-electron chi connectivity index (χ0n) is 19.5. The van der Waals surface area contributed by atoms with Crippen molar-refractivity contribution in [3.63, 3.8) is 0 Å². The number of pyridine rings is 1. The second kappa shape index (κ2) is 8.32. The lowest BCUT2D eigenvalue weighted by atomic mass is 9.94. The van der Waals surface area contributed by atoms with E-state index in [9.17, 15) is 9.59 Å². The molecular formula is C28H20ClN5O2. The highest BCUT2D eigenvalue weighted by Crippen LogP contribution is 2.39. The van der Waals surface area contributed by atoms with Crippen molar-refractivity contribution in [2.75, 3.05) is 0 Å². The van der Waals surface area contributed by atoms with Gasteiger partial charge in [0.25, 0.3) is 5.56 Å². The second-order valence-electron chi connectivity index (χ2n) is 8.64. The van der Waals surface area contributed by atoms with Crippen LogP contribution in [0, 0.1) is 6.92 Å². The Morgan fingerprint density at radius 1 is 0.889 bits per heavy atom. The molecule has 0 saturated heterocycles. The number of hydrogen-bond donors (Lipinski definition) is 1. The van der Waals surface area contributed by atoms with Crippen LogP contribution in [0.3, 0.4) is 0 Å². The molecule has 8 heteroatoms. The second-order valence-corrected chi connectivity index (χ2v) is 9.05. The molecule has 176 valence electrons. The number of hydrogen-bond acceptors (Lipinski definition) is 4. The normalized spacial score (nSPS) is 11.4. The summed E-state index contributed by atoms with van der Waals surface area (Å²) in [6, 6.07) is 18.6. The van der Waals surface area contributed by atoms with Crippen molar-refractivity contribution in [1.29, 1.82) is 0 Å². The molecule has 0 radical (unpaired) electrons. The fourth-order valence-corrected chi connectivity index (χ4v) is 4.96. The third-order valence-electron chi connectivity index (χ3n) is 6.61. The predicted molar refractivity (Wildman–Crippen MR) is 143 cm³/mol. The SMILES string of the molecule is Cc1c(-c2cccc(Cl)c2-c2ccc3c(=O)n(-c4cncc5ccccc45)c(=O)[nH]c3c2)cnn1C. The molecule has 3 heterocycles. The van der Waals surface area contributed by atoms with Crippen molar-refractivity contribution in [2.24, 2.45) is 7.05 Å². The van der Waals surface area contributed by atoms with Gasteiger partial charge in [0.05, 0.1) is 29.0 Å². The lowest BCUT2D eigenvalue weighted by Gasteiger charge is -2.13. The maximum absolute atomic E-state index is 13.5. The lowest BCUT2D eigenvalue weighted by Crippen LogP contribution is -2.33. The zero-order valence-corrected chi connectivity index (χ0v) is 20.2. The molecule has 0 fully saturated rings. The number of nitrogens with zero attached hydrogens (tertiary/aromatic N) is 4. The van der Waals surface area contributed by atoms with Crippen LogP contribution in [-0.4, -0.2) is 24.3 Å². The van der Waals surface area contributed by atoms with E-state index >= 15 is 0 Å². The molecule has 0 spiro atoms. The monoisotopic (exact) mass is 493 g/mol. The van der Waals surface area contributed by atoms with Crippen molar-refractivity contribution >= 4 is 33.3 Å². The summed E-state index contributed by atoms with van der Waals surface area (Å²) in [6.07, 6.45) is 5.05. The molecule has 3 aromatic heterocycles. The first kappa shape index (κ1) is 22.0. The summed E-state index contributed by atoms with van der Waals surface area (Å²) in [5.41, 5.74) is 4.39. The standard InChI is InChI=1S/C28H20ClN5O2/c1-16-22(14-31-33(16)2)20-8-5-9-23(29)26(20)17-10-11-21-24(12-17)32-28(36)34(27(21)35)25-15-30-13-18-6-3-4-7-19(18)25/h3-15H,1-2H3,(H,32,36). The fraction of sp³-hybridized carbons (Fsp3) is 0.0714. The van der Waals surface area contributed by atoms with E-state index in [1.807, 2.05) is 73.4 Å². The Balaban J connectivity index is 1.57. The molecule has 0 amide bonds. The minimum Gasteiger partial charge on any atom is -0.306 e. The van der Waals surface area contributed by atoms with Gasteiger partial charge in [-0.05, 0) is 36.2 Å². The van der Waals surface area contributed by atoms with Gasteiger partial charge < -0.3 is 4.98 Å². The van der Waals surface area contributed by atoms with Crippen molar-refractivity contribution in [2.45, 2.75) is 6.92 Å². The van der Waals surface area contributed by atoms with Crippen molar-refractivity contribution in [3.8, 4) is 27.9 Å². The fourth-order valence-electron chi connectivity index (χ4n) is 4.68. The summed E-state index contributed by atoms with van der Waals surface area (Å²) in [5.74, 6) is 0. The van der Waals surface area contributed by atoms with Gasteiger partial charge in [0, 0.05) is 45.9 Å². The van der Waals surface area contributed by atoms with Crippen LogP contribution >= 0.6 is 11.6 Å². The predicted octanol–water partition coefficient (Wildman–Crippen LogP) is 5.26. The summed E-state index contributed by atoms with van der Waals surface area (Å²) in [7, 11) is 1.89. The topological polar surface area (TPSA) is 85.6 Å². The van der Waals surface area contributed by atoms with Gasteiger partial charge in [0.2, 0.25) is 0 Å². The molecule has 3 aromatic carbocycles. The third kappa shape index (κ3) is 3.36. The average molecular weight is 494 g/mol. The Labute approximate surface area is 210 Å². The first-order valence-corrected chi connectivity index (χ1v) is 11.7. The minimum atomic E-state index is -0.537. The average Bonchev–Trinajstić information content (AvgIpc) is 3.21. The number of aromatic nitrogens is 5. The molecule has 0 aliphatic heterocycles. The number of aryl methyl sites for hydroxylation is 1. The Morgan fingerprint density at radius 3 is 2.53 bits per heavy atom. The van der Waals surface area contributed by atoms with Crippen LogP contribution in [0.2, 0.25) is 5.02 Å².